The minimum atomic E-state index is 0.294. The van der Waals surface area contributed by atoms with E-state index in [0.717, 1.165) is 26.1 Å². The highest BCUT2D eigenvalue weighted by molar-refractivity contribution is 5.14. The van der Waals surface area contributed by atoms with Gasteiger partial charge in [0.1, 0.15) is 0 Å². The van der Waals surface area contributed by atoms with Crippen molar-refractivity contribution in [3.63, 3.8) is 0 Å². The summed E-state index contributed by atoms with van der Waals surface area (Å²) < 4.78 is 0. The monoisotopic (exact) mass is 291 g/mol. The quantitative estimate of drug-likeness (QED) is 0.536. The third kappa shape index (κ3) is 9.65. The molecule has 0 aliphatic heterocycles. The van der Waals surface area contributed by atoms with E-state index in [0.29, 0.717) is 6.61 Å². The molecule has 1 aromatic carbocycles. The Morgan fingerprint density at radius 3 is 2.10 bits per heavy atom. The van der Waals surface area contributed by atoms with Crippen LogP contribution in [-0.2, 0) is 6.54 Å². The second kappa shape index (κ2) is 12.8. The van der Waals surface area contributed by atoms with E-state index in [-0.39, 0.29) is 0 Å². The highest BCUT2D eigenvalue weighted by atomic mass is 16.3. The van der Waals surface area contributed by atoms with Crippen molar-refractivity contribution in [1.82, 2.24) is 4.90 Å². The van der Waals surface area contributed by atoms with Crippen LogP contribution in [0.15, 0.2) is 30.3 Å². The fourth-order valence-corrected chi connectivity index (χ4v) is 2.70. The number of unbranched alkanes of at least 4 members (excludes halogenated alkanes) is 6. The predicted octanol–water partition coefficient (Wildman–Crippen LogP) is 4.62. The number of hydrogen-bond acceptors (Lipinski definition) is 2. The summed E-state index contributed by atoms with van der Waals surface area (Å²) in [7, 11) is 0. The van der Waals surface area contributed by atoms with Gasteiger partial charge in [0.05, 0.1) is 0 Å². The van der Waals surface area contributed by atoms with E-state index in [1.54, 1.807) is 0 Å². The molecule has 0 fully saturated rings. The maximum Gasteiger partial charge on any atom is 0.0443 e. The van der Waals surface area contributed by atoms with Crippen molar-refractivity contribution >= 4 is 0 Å². The zero-order valence-electron chi connectivity index (χ0n) is 13.8. The van der Waals surface area contributed by atoms with Crippen molar-refractivity contribution in [2.75, 3.05) is 19.7 Å². The second-order valence-corrected chi connectivity index (χ2v) is 5.96. The summed E-state index contributed by atoms with van der Waals surface area (Å²) >= 11 is 0. The molecule has 0 spiro atoms. The SMILES string of the molecule is CCCCCCCCCN(CCCO)Cc1ccccc1. The van der Waals surface area contributed by atoms with Gasteiger partial charge in [0.25, 0.3) is 0 Å². The summed E-state index contributed by atoms with van der Waals surface area (Å²) in [5, 5.41) is 9.05. The maximum absolute atomic E-state index is 9.05. The van der Waals surface area contributed by atoms with Crippen LogP contribution in [0.2, 0.25) is 0 Å². The molecule has 0 heterocycles. The van der Waals surface area contributed by atoms with E-state index in [4.69, 9.17) is 5.11 Å². The van der Waals surface area contributed by atoms with E-state index < -0.39 is 0 Å². The summed E-state index contributed by atoms with van der Waals surface area (Å²) in [6, 6.07) is 10.7. The normalized spacial score (nSPS) is 11.2. The summed E-state index contributed by atoms with van der Waals surface area (Å²) in [6.45, 7) is 5.73. The largest absolute Gasteiger partial charge is 0.396 e. The molecule has 1 N–H and O–H groups in total. The summed E-state index contributed by atoms with van der Waals surface area (Å²) in [5.74, 6) is 0. The molecule has 120 valence electrons. The first-order valence-electron chi connectivity index (χ1n) is 8.74. The molecule has 0 bridgehead atoms. The Balaban J connectivity index is 2.20. The lowest BCUT2D eigenvalue weighted by Crippen LogP contribution is -2.26. The van der Waals surface area contributed by atoms with Crippen molar-refractivity contribution in [3.8, 4) is 0 Å². The molecule has 0 amide bonds. The van der Waals surface area contributed by atoms with E-state index in [1.807, 2.05) is 0 Å². The van der Waals surface area contributed by atoms with E-state index >= 15 is 0 Å². The molecule has 0 aromatic heterocycles. The maximum atomic E-state index is 9.05. The Hall–Kier alpha value is -0.860. The smallest absolute Gasteiger partial charge is 0.0443 e. The van der Waals surface area contributed by atoms with E-state index in [2.05, 4.69) is 42.2 Å². The minimum Gasteiger partial charge on any atom is -0.396 e. The van der Waals surface area contributed by atoms with Crippen molar-refractivity contribution < 1.29 is 5.11 Å². The number of hydrogen-bond donors (Lipinski definition) is 1. The first-order chi connectivity index (χ1) is 10.4. The van der Waals surface area contributed by atoms with Gasteiger partial charge in [0.15, 0.2) is 0 Å². The van der Waals surface area contributed by atoms with Gasteiger partial charge in [-0.15, -0.1) is 0 Å². The lowest BCUT2D eigenvalue weighted by molar-refractivity contribution is 0.215. The third-order valence-corrected chi connectivity index (χ3v) is 3.96. The topological polar surface area (TPSA) is 23.5 Å². The lowest BCUT2D eigenvalue weighted by atomic mass is 10.1. The molecule has 2 nitrogen and oxygen atoms in total. The Labute approximate surface area is 131 Å². The van der Waals surface area contributed by atoms with Crippen molar-refractivity contribution in [3.05, 3.63) is 35.9 Å². The fourth-order valence-electron chi connectivity index (χ4n) is 2.70. The van der Waals surface area contributed by atoms with Crippen LogP contribution in [0.4, 0.5) is 0 Å². The van der Waals surface area contributed by atoms with Crippen LogP contribution in [0.5, 0.6) is 0 Å². The molecule has 0 saturated heterocycles. The van der Waals surface area contributed by atoms with Gasteiger partial charge in [0, 0.05) is 19.7 Å². The number of benzene rings is 1. The summed E-state index contributed by atoms with van der Waals surface area (Å²) in [5.41, 5.74) is 1.37. The molecule has 1 aromatic rings. The average molecular weight is 291 g/mol. The number of aliphatic hydroxyl groups excluding tert-OH is 1. The molecule has 0 unspecified atom stereocenters. The first-order valence-corrected chi connectivity index (χ1v) is 8.74. The van der Waals surface area contributed by atoms with Crippen LogP contribution in [-0.4, -0.2) is 29.7 Å². The molecule has 2 heteroatoms. The molecular weight excluding hydrogens is 258 g/mol. The van der Waals surface area contributed by atoms with Crippen molar-refractivity contribution in [1.29, 1.82) is 0 Å². The molecule has 1 rings (SSSR count). The average Bonchev–Trinajstić information content (AvgIpc) is 2.52. The zero-order valence-corrected chi connectivity index (χ0v) is 13.8. The highest BCUT2D eigenvalue weighted by Crippen LogP contribution is 2.10. The summed E-state index contributed by atoms with van der Waals surface area (Å²) in [6.07, 6.45) is 10.4. The summed E-state index contributed by atoms with van der Waals surface area (Å²) in [4.78, 5) is 2.48. The Bertz CT molecular complexity index is 326. The zero-order chi connectivity index (χ0) is 15.2. The lowest BCUT2D eigenvalue weighted by Gasteiger charge is -2.22. The van der Waals surface area contributed by atoms with Crippen LogP contribution in [0.3, 0.4) is 0 Å². The van der Waals surface area contributed by atoms with Gasteiger partial charge >= 0.3 is 0 Å². The fraction of sp³-hybridized carbons (Fsp3) is 0.684. The number of rotatable bonds is 13. The van der Waals surface area contributed by atoms with Crippen LogP contribution >= 0.6 is 0 Å². The van der Waals surface area contributed by atoms with E-state index in [1.165, 1.54) is 50.5 Å². The van der Waals surface area contributed by atoms with Crippen molar-refractivity contribution in [2.24, 2.45) is 0 Å². The molecule has 21 heavy (non-hydrogen) atoms. The predicted molar refractivity (Wildman–Crippen MR) is 91.4 cm³/mol. The van der Waals surface area contributed by atoms with Crippen LogP contribution in [0.25, 0.3) is 0 Å². The Morgan fingerprint density at radius 2 is 1.43 bits per heavy atom. The highest BCUT2D eigenvalue weighted by Gasteiger charge is 2.05. The van der Waals surface area contributed by atoms with Gasteiger partial charge in [-0.1, -0.05) is 75.8 Å². The van der Waals surface area contributed by atoms with Crippen LogP contribution in [0.1, 0.15) is 63.9 Å². The van der Waals surface area contributed by atoms with Gasteiger partial charge in [-0.3, -0.25) is 4.90 Å². The molecular formula is C19H33NO. The Morgan fingerprint density at radius 1 is 0.810 bits per heavy atom. The van der Waals surface area contributed by atoms with Crippen molar-refractivity contribution in [2.45, 2.75) is 64.8 Å². The standard InChI is InChI=1S/C19H33NO/c1-2-3-4-5-6-7-11-15-20(16-12-17-21)18-19-13-9-8-10-14-19/h8-10,13-14,21H,2-7,11-12,15-18H2,1H3. The molecule has 0 atom stereocenters. The van der Waals surface area contributed by atoms with E-state index in [9.17, 15) is 0 Å². The van der Waals surface area contributed by atoms with Crippen LogP contribution in [0, 0.1) is 0 Å². The first kappa shape index (κ1) is 18.2. The van der Waals surface area contributed by atoms with Gasteiger partial charge in [0.2, 0.25) is 0 Å². The van der Waals surface area contributed by atoms with Gasteiger partial charge < -0.3 is 5.11 Å². The molecule has 0 radical (unpaired) electrons. The van der Waals surface area contributed by atoms with Gasteiger partial charge in [-0.05, 0) is 24.9 Å². The number of aliphatic hydroxyl groups is 1. The number of nitrogens with zero attached hydrogens (tertiary/aromatic N) is 1. The second-order valence-electron chi connectivity index (χ2n) is 5.96. The van der Waals surface area contributed by atoms with Crippen LogP contribution < -0.4 is 0 Å². The van der Waals surface area contributed by atoms with Gasteiger partial charge in [-0.25, -0.2) is 0 Å². The molecule has 0 saturated carbocycles. The molecule has 0 aliphatic rings. The Kier molecular flexibility index (Phi) is 11.1. The molecule has 0 aliphatic carbocycles. The third-order valence-electron chi connectivity index (χ3n) is 3.96. The van der Waals surface area contributed by atoms with Gasteiger partial charge in [-0.2, -0.15) is 0 Å². The minimum absolute atomic E-state index is 0.294.